The highest BCUT2D eigenvalue weighted by Gasteiger charge is 2.28. The van der Waals surface area contributed by atoms with Gasteiger partial charge in [0.2, 0.25) is 0 Å². The van der Waals surface area contributed by atoms with Crippen molar-refractivity contribution in [2.45, 2.75) is 45.0 Å². The molecule has 1 unspecified atom stereocenters. The van der Waals surface area contributed by atoms with E-state index in [1.807, 2.05) is 36.5 Å². The van der Waals surface area contributed by atoms with Crippen molar-refractivity contribution >= 4 is 21.8 Å². The van der Waals surface area contributed by atoms with Crippen molar-refractivity contribution in [1.29, 1.82) is 0 Å². The van der Waals surface area contributed by atoms with Crippen LogP contribution >= 0.6 is 0 Å². The number of fused-ring (bicyclic) bond motifs is 3. The molecular weight excluding hydrogens is 388 g/mol. The molecule has 2 N–H and O–H groups in total. The fraction of sp³-hybridized carbons (Fsp3) is 0.346. The van der Waals surface area contributed by atoms with Gasteiger partial charge in [-0.15, -0.1) is 0 Å². The summed E-state index contributed by atoms with van der Waals surface area (Å²) in [5, 5.41) is 13.2. The summed E-state index contributed by atoms with van der Waals surface area (Å²) in [4.78, 5) is 8.13. The van der Waals surface area contributed by atoms with Crippen LogP contribution in [0.3, 0.4) is 0 Å². The molecule has 160 valence electrons. The number of aliphatic hydroxyl groups excluding tert-OH is 1. The number of H-pyrrole nitrogens is 1. The van der Waals surface area contributed by atoms with Gasteiger partial charge in [-0.1, -0.05) is 43.2 Å². The predicted octanol–water partition coefficient (Wildman–Crippen LogP) is 5.67. The molecule has 2 heterocycles. The van der Waals surface area contributed by atoms with Crippen LogP contribution in [-0.2, 0) is 18.0 Å². The number of nitrogens with one attached hydrogen (secondary N) is 1. The van der Waals surface area contributed by atoms with Crippen LogP contribution in [0.1, 0.15) is 48.6 Å². The zero-order valence-corrected chi connectivity index (χ0v) is 17.8. The zero-order valence-electron chi connectivity index (χ0n) is 17.8. The van der Waals surface area contributed by atoms with E-state index in [9.17, 15) is 5.11 Å². The molecule has 1 saturated carbocycles. The van der Waals surface area contributed by atoms with E-state index in [2.05, 4.69) is 28.2 Å². The molecule has 4 aromatic rings. The maximum absolute atomic E-state index is 11.1. The summed E-state index contributed by atoms with van der Waals surface area (Å²) in [7, 11) is 1.69. The normalized spacial score (nSPS) is 15.7. The number of hydrogen-bond acceptors (Lipinski definition) is 4. The van der Waals surface area contributed by atoms with E-state index < -0.39 is 6.10 Å². The van der Waals surface area contributed by atoms with Gasteiger partial charge in [0.15, 0.2) is 0 Å². The summed E-state index contributed by atoms with van der Waals surface area (Å²) in [5.74, 6) is 1.09. The average molecular weight is 417 g/mol. The molecule has 0 amide bonds. The lowest BCUT2D eigenvalue weighted by Crippen LogP contribution is -2.14. The zero-order chi connectivity index (χ0) is 21.2. The number of benzene rings is 2. The minimum Gasteiger partial charge on any atom is -0.489 e. The van der Waals surface area contributed by atoms with Gasteiger partial charge in [0.25, 0.3) is 0 Å². The summed E-state index contributed by atoms with van der Waals surface area (Å²) in [6, 6.07) is 16.3. The summed E-state index contributed by atoms with van der Waals surface area (Å²) >= 11 is 0. The number of pyridine rings is 1. The first-order chi connectivity index (χ1) is 15.2. The Morgan fingerprint density at radius 3 is 2.65 bits per heavy atom. The molecule has 31 heavy (non-hydrogen) atoms. The van der Waals surface area contributed by atoms with Crippen molar-refractivity contribution in [2.24, 2.45) is 5.92 Å². The van der Waals surface area contributed by atoms with Crippen LogP contribution in [0.25, 0.3) is 21.8 Å². The number of aromatic amines is 1. The van der Waals surface area contributed by atoms with E-state index in [0.717, 1.165) is 57.2 Å². The third-order valence-electron chi connectivity index (χ3n) is 6.41. The van der Waals surface area contributed by atoms with Gasteiger partial charge in [-0.2, -0.15) is 0 Å². The topological polar surface area (TPSA) is 67.4 Å². The molecule has 0 bridgehead atoms. The third-order valence-corrected chi connectivity index (χ3v) is 6.41. The third kappa shape index (κ3) is 3.91. The highest BCUT2D eigenvalue weighted by atomic mass is 16.5. The number of nitrogens with zero attached hydrogens (tertiary/aromatic N) is 1. The van der Waals surface area contributed by atoms with Crippen LogP contribution in [0.15, 0.2) is 54.7 Å². The Labute approximate surface area is 182 Å². The molecule has 2 aromatic carbocycles. The smallest absolute Gasteiger partial charge is 0.120 e. The highest BCUT2D eigenvalue weighted by molar-refractivity contribution is 6.09. The van der Waals surface area contributed by atoms with Gasteiger partial charge in [0.1, 0.15) is 12.4 Å². The second-order valence-corrected chi connectivity index (χ2v) is 8.44. The molecule has 1 aliphatic rings. The lowest BCUT2D eigenvalue weighted by molar-refractivity contribution is 0.103. The van der Waals surface area contributed by atoms with Crippen molar-refractivity contribution in [3.8, 4) is 5.75 Å². The molecule has 5 rings (SSSR count). The van der Waals surface area contributed by atoms with Crippen LogP contribution in [0.5, 0.6) is 5.75 Å². The first-order valence-electron chi connectivity index (χ1n) is 11.0. The van der Waals surface area contributed by atoms with Crippen molar-refractivity contribution in [1.82, 2.24) is 9.97 Å². The summed E-state index contributed by atoms with van der Waals surface area (Å²) in [5.41, 5.74) is 4.81. The number of rotatable bonds is 7. The number of ether oxygens (including phenoxy) is 2. The average Bonchev–Trinajstić information content (AvgIpc) is 3.46. The number of aliphatic hydroxyl groups is 1. The highest BCUT2D eigenvalue weighted by Crippen LogP contribution is 2.39. The van der Waals surface area contributed by atoms with E-state index in [1.54, 1.807) is 7.11 Å². The Bertz CT molecular complexity index is 1180. The lowest BCUT2D eigenvalue weighted by Gasteiger charge is -2.20. The van der Waals surface area contributed by atoms with Crippen LogP contribution in [0.4, 0.5) is 0 Å². The maximum atomic E-state index is 11.1. The lowest BCUT2D eigenvalue weighted by atomic mass is 9.93. The van der Waals surface area contributed by atoms with Crippen LogP contribution in [0.2, 0.25) is 0 Å². The molecule has 5 nitrogen and oxygen atoms in total. The Kier molecular flexibility index (Phi) is 5.62. The van der Waals surface area contributed by atoms with Crippen molar-refractivity contribution in [3.05, 3.63) is 71.5 Å². The number of hydrogen-bond donors (Lipinski definition) is 2. The molecule has 1 fully saturated rings. The monoisotopic (exact) mass is 416 g/mol. The minimum absolute atomic E-state index is 0.274. The van der Waals surface area contributed by atoms with E-state index in [4.69, 9.17) is 9.47 Å². The molecule has 1 atom stereocenters. The molecule has 0 saturated heterocycles. The van der Waals surface area contributed by atoms with Crippen LogP contribution in [-0.4, -0.2) is 22.2 Å². The van der Waals surface area contributed by atoms with Gasteiger partial charge in [-0.05, 0) is 42.5 Å². The second-order valence-electron chi connectivity index (χ2n) is 8.44. The summed E-state index contributed by atoms with van der Waals surface area (Å²) in [6.07, 6.45) is 5.75. The largest absolute Gasteiger partial charge is 0.489 e. The predicted molar refractivity (Wildman–Crippen MR) is 122 cm³/mol. The van der Waals surface area contributed by atoms with Gasteiger partial charge < -0.3 is 19.6 Å². The Morgan fingerprint density at radius 1 is 1.06 bits per heavy atom. The van der Waals surface area contributed by atoms with Gasteiger partial charge in [0, 0.05) is 29.0 Å². The SMILES string of the molecule is COCc1c(C(O)C2CCCC2)ncc2[nH]c3ccc(OCc4ccccc4)cc3c12. The molecule has 0 spiro atoms. The van der Waals surface area contributed by atoms with Crippen molar-refractivity contribution < 1.29 is 14.6 Å². The number of methoxy groups -OCH3 is 1. The Morgan fingerprint density at radius 2 is 1.87 bits per heavy atom. The minimum atomic E-state index is -0.556. The molecule has 0 radical (unpaired) electrons. The molecule has 2 aromatic heterocycles. The first kappa shape index (κ1) is 20.0. The van der Waals surface area contributed by atoms with Gasteiger partial charge >= 0.3 is 0 Å². The number of aromatic nitrogens is 2. The fourth-order valence-corrected chi connectivity index (χ4v) is 4.83. The Hall–Kier alpha value is -2.89. The van der Waals surface area contributed by atoms with Gasteiger partial charge in [0.05, 0.1) is 30.1 Å². The Balaban J connectivity index is 1.56. The van der Waals surface area contributed by atoms with Crippen molar-refractivity contribution in [2.75, 3.05) is 7.11 Å². The van der Waals surface area contributed by atoms with Gasteiger partial charge in [-0.25, -0.2) is 0 Å². The van der Waals surface area contributed by atoms with E-state index >= 15 is 0 Å². The second kappa shape index (κ2) is 8.69. The van der Waals surface area contributed by atoms with Gasteiger partial charge in [-0.3, -0.25) is 4.98 Å². The van der Waals surface area contributed by atoms with Crippen LogP contribution < -0.4 is 4.74 Å². The summed E-state index contributed by atoms with van der Waals surface area (Å²) in [6.45, 7) is 0.929. The van der Waals surface area contributed by atoms with E-state index in [0.29, 0.717) is 13.2 Å². The molecule has 0 aliphatic heterocycles. The quantitative estimate of drug-likeness (QED) is 0.408. The first-order valence-corrected chi connectivity index (χ1v) is 11.0. The summed E-state index contributed by atoms with van der Waals surface area (Å²) < 4.78 is 11.6. The molecule has 1 aliphatic carbocycles. The van der Waals surface area contributed by atoms with E-state index in [1.165, 1.54) is 12.8 Å². The van der Waals surface area contributed by atoms with Crippen LogP contribution in [0, 0.1) is 5.92 Å². The fourth-order valence-electron chi connectivity index (χ4n) is 4.83. The van der Waals surface area contributed by atoms with Crippen molar-refractivity contribution in [3.63, 3.8) is 0 Å². The van der Waals surface area contributed by atoms with E-state index in [-0.39, 0.29) is 5.92 Å². The molecule has 5 heteroatoms. The molecular formula is C26H28N2O3. The standard InChI is InChI=1S/C26H28N2O3/c1-30-16-21-24-20-13-19(31-15-17-7-3-2-4-8-17)11-12-22(20)28-23(24)14-27-25(21)26(29)18-9-5-6-10-18/h2-4,7-8,11-14,18,26,28-29H,5-6,9-10,15-16H2,1H3. The maximum Gasteiger partial charge on any atom is 0.120 e.